The van der Waals surface area contributed by atoms with Gasteiger partial charge in [-0.25, -0.2) is 0 Å². The van der Waals surface area contributed by atoms with Crippen LogP contribution in [-0.2, 0) is 11.2 Å². The van der Waals surface area contributed by atoms with Crippen molar-refractivity contribution >= 4 is 29.3 Å². The van der Waals surface area contributed by atoms with Gasteiger partial charge in [-0.05, 0) is 43.6 Å². The first-order valence-electron chi connectivity index (χ1n) is 9.16. The molecule has 1 aliphatic heterocycles. The van der Waals surface area contributed by atoms with E-state index in [9.17, 15) is 0 Å². The molecule has 0 bridgehead atoms. The Morgan fingerprint density at radius 1 is 1.24 bits per heavy atom. The quantitative estimate of drug-likeness (QED) is 0.530. The van der Waals surface area contributed by atoms with Gasteiger partial charge in [0.1, 0.15) is 0 Å². The van der Waals surface area contributed by atoms with Gasteiger partial charge in [0.2, 0.25) is 0 Å². The Balaban J connectivity index is 1.91. The summed E-state index contributed by atoms with van der Waals surface area (Å²) in [6, 6.07) is 8.00. The summed E-state index contributed by atoms with van der Waals surface area (Å²) in [5.41, 5.74) is 1.16. The molecule has 1 aromatic rings. The highest BCUT2D eigenvalue weighted by molar-refractivity contribution is 8.00. The molecule has 4 nitrogen and oxygen atoms in total. The topological polar surface area (TPSA) is 45.7 Å². The SMILES string of the molecule is CCNC(=NCC1(SCC)CCOCC1)NCCc1ccccc1Cl. The molecular formula is C19H30ClN3OS. The minimum absolute atomic E-state index is 0.220. The summed E-state index contributed by atoms with van der Waals surface area (Å²) < 4.78 is 5.77. The highest BCUT2D eigenvalue weighted by Crippen LogP contribution is 2.35. The van der Waals surface area contributed by atoms with Crippen LogP contribution in [0.15, 0.2) is 29.3 Å². The molecule has 0 aliphatic carbocycles. The van der Waals surface area contributed by atoms with E-state index in [2.05, 4.69) is 30.5 Å². The monoisotopic (exact) mass is 383 g/mol. The maximum Gasteiger partial charge on any atom is 0.191 e. The predicted octanol–water partition coefficient (Wildman–Crippen LogP) is 3.74. The average molecular weight is 384 g/mol. The van der Waals surface area contributed by atoms with E-state index in [0.717, 1.165) is 74.4 Å². The maximum atomic E-state index is 6.23. The van der Waals surface area contributed by atoms with Crippen molar-refractivity contribution in [2.45, 2.75) is 37.9 Å². The molecule has 1 aliphatic rings. The fourth-order valence-corrected chi connectivity index (χ4v) is 4.43. The van der Waals surface area contributed by atoms with Crippen molar-refractivity contribution in [3.8, 4) is 0 Å². The molecule has 2 N–H and O–H groups in total. The van der Waals surface area contributed by atoms with E-state index in [1.165, 1.54) is 0 Å². The number of benzene rings is 1. The average Bonchev–Trinajstić information content (AvgIpc) is 2.62. The van der Waals surface area contributed by atoms with E-state index in [1.54, 1.807) is 0 Å². The third kappa shape index (κ3) is 6.72. The molecule has 0 spiro atoms. The number of halogens is 1. The Kier molecular flexibility index (Phi) is 8.93. The van der Waals surface area contributed by atoms with Crippen molar-refractivity contribution in [2.75, 3.05) is 38.6 Å². The third-order valence-corrected chi connectivity index (χ3v) is 6.18. The van der Waals surface area contributed by atoms with Crippen LogP contribution in [0.1, 0.15) is 32.3 Å². The minimum Gasteiger partial charge on any atom is -0.381 e. The summed E-state index contributed by atoms with van der Waals surface area (Å²) in [6.07, 6.45) is 3.04. The van der Waals surface area contributed by atoms with Gasteiger partial charge in [0.25, 0.3) is 0 Å². The number of aliphatic imine (C=N–C) groups is 1. The van der Waals surface area contributed by atoms with Gasteiger partial charge in [-0.1, -0.05) is 36.7 Å². The number of guanidine groups is 1. The van der Waals surface area contributed by atoms with Crippen LogP contribution in [0.3, 0.4) is 0 Å². The molecule has 1 heterocycles. The standard InChI is InChI=1S/C19H30ClN3OS/c1-3-21-18(22-12-9-16-7-5-6-8-17(16)20)23-15-19(25-4-2)10-13-24-14-11-19/h5-8H,3-4,9-15H2,1-2H3,(H2,21,22,23). The van der Waals surface area contributed by atoms with Gasteiger partial charge in [-0.2, -0.15) is 11.8 Å². The first-order valence-corrected chi connectivity index (χ1v) is 10.5. The highest BCUT2D eigenvalue weighted by atomic mass is 35.5. The summed E-state index contributed by atoms with van der Waals surface area (Å²) >= 11 is 8.25. The zero-order valence-corrected chi connectivity index (χ0v) is 16.9. The maximum absolute atomic E-state index is 6.23. The number of ether oxygens (including phenoxy) is 1. The van der Waals surface area contributed by atoms with Gasteiger partial charge >= 0.3 is 0 Å². The van der Waals surface area contributed by atoms with Crippen LogP contribution < -0.4 is 10.6 Å². The summed E-state index contributed by atoms with van der Waals surface area (Å²) in [4.78, 5) is 4.87. The van der Waals surface area contributed by atoms with Crippen LogP contribution in [0, 0.1) is 0 Å². The number of hydrogen-bond donors (Lipinski definition) is 2. The second-order valence-corrected chi connectivity index (χ2v) is 8.33. The molecule has 1 aromatic carbocycles. The van der Waals surface area contributed by atoms with Crippen LogP contribution in [0.5, 0.6) is 0 Å². The summed E-state index contributed by atoms with van der Waals surface area (Å²) in [5.74, 6) is 2.00. The molecule has 140 valence electrons. The molecule has 0 radical (unpaired) electrons. The Morgan fingerprint density at radius 3 is 2.68 bits per heavy atom. The Labute approximate surface area is 161 Å². The van der Waals surface area contributed by atoms with Crippen LogP contribution in [-0.4, -0.2) is 49.3 Å². The molecule has 6 heteroatoms. The van der Waals surface area contributed by atoms with Gasteiger partial charge in [-0.3, -0.25) is 4.99 Å². The number of nitrogens with one attached hydrogen (secondary N) is 2. The van der Waals surface area contributed by atoms with Crippen molar-refractivity contribution in [1.29, 1.82) is 0 Å². The molecule has 25 heavy (non-hydrogen) atoms. The van der Waals surface area contributed by atoms with Gasteiger partial charge in [-0.15, -0.1) is 0 Å². The second-order valence-electron chi connectivity index (χ2n) is 6.19. The second kappa shape index (κ2) is 10.9. The number of nitrogens with zero attached hydrogens (tertiary/aromatic N) is 1. The molecule has 0 amide bonds. The normalized spacial score (nSPS) is 17.3. The molecule has 0 atom stereocenters. The van der Waals surface area contributed by atoms with E-state index in [-0.39, 0.29) is 4.75 Å². The lowest BCUT2D eigenvalue weighted by atomic mass is 9.99. The van der Waals surface area contributed by atoms with E-state index in [0.29, 0.717) is 0 Å². The molecule has 1 saturated heterocycles. The zero-order chi connectivity index (χ0) is 18.0. The molecule has 0 aromatic heterocycles. The van der Waals surface area contributed by atoms with Crippen LogP contribution in [0.4, 0.5) is 0 Å². The van der Waals surface area contributed by atoms with Crippen LogP contribution >= 0.6 is 23.4 Å². The summed E-state index contributed by atoms with van der Waals surface area (Å²) in [7, 11) is 0. The lowest BCUT2D eigenvalue weighted by molar-refractivity contribution is 0.0793. The van der Waals surface area contributed by atoms with Crippen molar-refractivity contribution in [3.05, 3.63) is 34.9 Å². The van der Waals surface area contributed by atoms with Gasteiger partial charge in [0.05, 0.1) is 6.54 Å². The smallest absolute Gasteiger partial charge is 0.191 e. The lowest BCUT2D eigenvalue weighted by Crippen LogP contribution is -2.41. The van der Waals surface area contributed by atoms with Crippen LogP contribution in [0.25, 0.3) is 0 Å². The first-order chi connectivity index (χ1) is 12.2. The van der Waals surface area contributed by atoms with Crippen molar-refractivity contribution < 1.29 is 4.74 Å². The predicted molar refractivity (Wildman–Crippen MR) is 110 cm³/mol. The Hall–Kier alpha value is -0.910. The highest BCUT2D eigenvalue weighted by Gasteiger charge is 2.32. The number of thioether (sulfide) groups is 1. The Morgan fingerprint density at radius 2 is 2.00 bits per heavy atom. The molecule has 0 unspecified atom stereocenters. The van der Waals surface area contributed by atoms with E-state index < -0.39 is 0 Å². The lowest BCUT2D eigenvalue weighted by Gasteiger charge is -2.35. The van der Waals surface area contributed by atoms with E-state index in [1.807, 2.05) is 30.0 Å². The van der Waals surface area contributed by atoms with E-state index >= 15 is 0 Å². The largest absolute Gasteiger partial charge is 0.381 e. The van der Waals surface area contributed by atoms with Crippen molar-refractivity contribution in [1.82, 2.24) is 10.6 Å². The summed E-state index contributed by atoms with van der Waals surface area (Å²) in [6.45, 7) is 8.50. The van der Waals surface area contributed by atoms with E-state index in [4.69, 9.17) is 21.3 Å². The van der Waals surface area contributed by atoms with Crippen molar-refractivity contribution in [2.24, 2.45) is 4.99 Å². The number of hydrogen-bond acceptors (Lipinski definition) is 3. The Bertz CT molecular complexity index is 542. The van der Waals surface area contributed by atoms with Gasteiger partial charge in [0, 0.05) is 36.1 Å². The molecular weight excluding hydrogens is 354 g/mol. The van der Waals surface area contributed by atoms with Crippen LogP contribution in [0.2, 0.25) is 5.02 Å². The first kappa shape index (κ1) is 20.4. The zero-order valence-electron chi connectivity index (χ0n) is 15.3. The fraction of sp³-hybridized carbons (Fsp3) is 0.632. The van der Waals surface area contributed by atoms with Crippen molar-refractivity contribution in [3.63, 3.8) is 0 Å². The summed E-state index contributed by atoms with van der Waals surface area (Å²) in [5, 5.41) is 7.61. The fourth-order valence-electron chi connectivity index (χ4n) is 2.98. The molecule has 0 saturated carbocycles. The molecule has 1 fully saturated rings. The van der Waals surface area contributed by atoms with Gasteiger partial charge < -0.3 is 15.4 Å². The number of rotatable bonds is 8. The van der Waals surface area contributed by atoms with Gasteiger partial charge in [0.15, 0.2) is 5.96 Å². The third-order valence-electron chi connectivity index (χ3n) is 4.37. The minimum atomic E-state index is 0.220. The molecule has 2 rings (SSSR count).